The van der Waals surface area contributed by atoms with Crippen molar-refractivity contribution < 1.29 is 4.39 Å². The number of nitrogens with one attached hydrogen (secondary N) is 1. The quantitative estimate of drug-likeness (QED) is 0.860. The van der Waals surface area contributed by atoms with E-state index in [0.717, 1.165) is 30.8 Å². The lowest BCUT2D eigenvalue weighted by atomic mass is 10.0. The third kappa shape index (κ3) is 4.19. The monoisotopic (exact) mass is 292 g/mol. The van der Waals surface area contributed by atoms with Gasteiger partial charge in [-0.1, -0.05) is 45.7 Å². The molecule has 0 amide bonds. The van der Waals surface area contributed by atoms with E-state index < -0.39 is 0 Å². The number of nitrogens with zero attached hydrogens (tertiary/aromatic N) is 1. The van der Waals surface area contributed by atoms with E-state index >= 15 is 0 Å². The van der Waals surface area contributed by atoms with Crippen molar-refractivity contribution in [3.05, 3.63) is 29.6 Å². The average molecular weight is 292 g/mol. The first-order valence-electron chi connectivity index (χ1n) is 8.41. The molecule has 1 aliphatic rings. The predicted octanol–water partition coefficient (Wildman–Crippen LogP) is 4.48. The van der Waals surface area contributed by atoms with Crippen LogP contribution in [0.1, 0.15) is 58.4 Å². The van der Waals surface area contributed by atoms with Gasteiger partial charge in [-0.3, -0.25) is 0 Å². The Bertz CT molecular complexity index is 445. The van der Waals surface area contributed by atoms with Crippen molar-refractivity contribution in [2.24, 2.45) is 0 Å². The van der Waals surface area contributed by atoms with Crippen molar-refractivity contribution in [2.45, 2.75) is 71.5 Å². The van der Waals surface area contributed by atoms with E-state index in [0.29, 0.717) is 12.1 Å². The zero-order chi connectivity index (χ0) is 15.2. The second-order valence-electron chi connectivity index (χ2n) is 6.39. The van der Waals surface area contributed by atoms with E-state index in [9.17, 15) is 4.39 Å². The van der Waals surface area contributed by atoms with Gasteiger partial charge in [-0.05, 0) is 30.9 Å². The summed E-state index contributed by atoms with van der Waals surface area (Å²) in [5.41, 5.74) is 1.92. The van der Waals surface area contributed by atoms with Crippen molar-refractivity contribution in [1.29, 1.82) is 0 Å². The van der Waals surface area contributed by atoms with Crippen molar-refractivity contribution in [3.8, 4) is 0 Å². The van der Waals surface area contributed by atoms with Crippen LogP contribution in [0.25, 0.3) is 0 Å². The first kappa shape index (κ1) is 16.3. The van der Waals surface area contributed by atoms with Crippen LogP contribution in [0.3, 0.4) is 0 Å². The van der Waals surface area contributed by atoms with Crippen LogP contribution in [-0.2, 0) is 6.54 Å². The minimum absolute atomic E-state index is 0.0709. The third-order valence-corrected chi connectivity index (χ3v) is 4.41. The average Bonchev–Trinajstić information content (AvgIpc) is 2.70. The Morgan fingerprint density at radius 3 is 2.81 bits per heavy atom. The SMILES string of the molecule is CCC1CCCCCN1c1c(F)cccc1CNC(C)C. The second kappa shape index (κ2) is 7.79. The molecule has 0 aliphatic carbocycles. The van der Waals surface area contributed by atoms with Crippen LogP contribution in [0.15, 0.2) is 18.2 Å². The number of benzene rings is 1. The van der Waals surface area contributed by atoms with Gasteiger partial charge >= 0.3 is 0 Å². The van der Waals surface area contributed by atoms with Gasteiger partial charge in [-0.15, -0.1) is 0 Å². The maximum absolute atomic E-state index is 14.5. The van der Waals surface area contributed by atoms with E-state index in [-0.39, 0.29) is 5.82 Å². The summed E-state index contributed by atoms with van der Waals surface area (Å²) in [6, 6.07) is 6.38. The summed E-state index contributed by atoms with van der Waals surface area (Å²) in [7, 11) is 0. The van der Waals surface area contributed by atoms with Crippen molar-refractivity contribution >= 4 is 5.69 Å². The van der Waals surface area contributed by atoms with E-state index in [1.807, 2.05) is 6.07 Å². The summed E-state index contributed by atoms with van der Waals surface area (Å²) in [5, 5.41) is 3.42. The maximum atomic E-state index is 14.5. The molecule has 1 heterocycles. The molecular weight excluding hydrogens is 263 g/mol. The highest BCUT2D eigenvalue weighted by Gasteiger charge is 2.24. The molecule has 1 atom stereocenters. The lowest BCUT2D eigenvalue weighted by Gasteiger charge is -2.33. The van der Waals surface area contributed by atoms with Gasteiger partial charge in [0.1, 0.15) is 5.82 Å². The molecule has 1 aromatic rings. The summed E-state index contributed by atoms with van der Waals surface area (Å²) >= 11 is 0. The fourth-order valence-electron chi connectivity index (χ4n) is 3.23. The largest absolute Gasteiger partial charge is 0.366 e. The molecule has 2 rings (SSSR count). The molecule has 3 heteroatoms. The molecule has 0 saturated carbocycles. The van der Waals surface area contributed by atoms with Crippen LogP contribution in [-0.4, -0.2) is 18.6 Å². The number of hydrogen-bond acceptors (Lipinski definition) is 2. The van der Waals surface area contributed by atoms with Crippen LogP contribution >= 0.6 is 0 Å². The van der Waals surface area contributed by atoms with Crippen LogP contribution < -0.4 is 10.2 Å². The summed E-state index contributed by atoms with van der Waals surface area (Å²) in [6.07, 6.45) is 5.97. The standard InChI is InChI=1S/C18H29FN2/c1-4-16-10-6-5-7-12-21(16)18-15(13-20-14(2)3)9-8-11-17(18)19/h8-9,11,14,16,20H,4-7,10,12-13H2,1-3H3. The van der Waals surface area contributed by atoms with Gasteiger partial charge in [0.15, 0.2) is 0 Å². The van der Waals surface area contributed by atoms with Gasteiger partial charge in [0.05, 0.1) is 5.69 Å². The zero-order valence-electron chi connectivity index (χ0n) is 13.7. The molecule has 0 bridgehead atoms. The molecule has 0 radical (unpaired) electrons. The Balaban J connectivity index is 2.30. The molecule has 0 aromatic heterocycles. The Morgan fingerprint density at radius 1 is 1.29 bits per heavy atom. The molecule has 1 saturated heterocycles. The third-order valence-electron chi connectivity index (χ3n) is 4.41. The smallest absolute Gasteiger partial charge is 0.146 e. The molecule has 1 N–H and O–H groups in total. The molecular formula is C18H29FN2. The maximum Gasteiger partial charge on any atom is 0.146 e. The van der Waals surface area contributed by atoms with E-state index in [2.05, 4.69) is 37.1 Å². The first-order valence-corrected chi connectivity index (χ1v) is 8.41. The Morgan fingerprint density at radius 2 is 2.10 bits per heavy atom. The summed E-state index contributed by atoms with van der Waals surface area (Å²) in [5.74, 6) is -0.0709. The molecule has 0 spiro atoms. The molecule has 2 nitrogen and oxygen atoms in total. The number of para-hydroxylation sites is 1. The molecule has 118 valence electrons. The van der Waals surface area contributed by atoms with Crippen LogP contribution in [0.2, 0.25) is 0 Å². The highest BCUT2D eigenvalue weighted by molar-refractivity contribution is 5.56. The number of halogens is 1. The van der Waals surface area contributed by atoms with Gasteiger partial charge in [0, 0.05) is 25.2 Å². The van der Waals surface area contributed by atoms with Gasteiger partial charge in [0.25, 0.3) is 0 Å². The Kier molecular flexibility index (Phi) is 6.04. The Hall–Kier alpha value is -1.09. The minimum Gasteiger partial charge on any atom is -0.366 e. The Labute approximate surface area is 128 Å². The second-order valence-corrected chi connectivity index (χ2v) is 6.39. The van der Waals surface area contributed by atoms with Gasteiger partial charge in [-0.2, -0.15) is 0 Å². The topological polar surface area (TPSA) is 15.3 Å². The normalized spacial score (nSPS) is 19.9. The first-order chi connectivity index (χ1) is 10.1. The highest BCUT2D eigenvalue weighted by atomic mass is 19.1. The fourth-order valence-corrected chi connectivity index (χ4v) is 3.23. The van der Waals surface area contributed by atoms with E-state index in [4.69, 9.17) is 0 Å². The predicted molar refractivity (Wildman–Crippen MR) is 88.3 cm³/mol. The molecule has 1 fully saturated rings. The van der Waals surface area contributed by atoms with E-state index in [1.165, 1.54) is 25.7 Å². The molecule has 1 aromatic carbocycles. The minimum atomic E-state index is -0.0709. The summed E-state index contributed by atoms with van der Waals surface area (Å²) in [4.78, 5) is 2.33. The van der Waals surface area contributed by atoms with Crippen LogP contribution in [0, 0.1) is 5.82 Å². The van der Waals surface area contributed by atoms with Crippen molar-refractivity contribution in [2.75, 3.05) is 11.4 Å². The van der Waals surface area contributed by atoms with E-state index in [1.54, 1.807) is 6.07 Å². The number of anilines is 1. The van der Waals surface area contributed by atoms with Gasteiger partial charge < -0.3 is 10.2 Å². The van der Waals surface area contributed by atoms with Crippen molar-refractivity contribution in [1.82, 2.24) is 5.32 Å². The van der Waals surface area contributed by atoms with Crippen LogP contribution in [0.4, 0.5) is 10.1 Å². The summed E-state index contributed by atoms with van der Waals surface area (Å²) < 4.78 is 14.5. The highest BCUT2D eigenvalue weighted by Crippen LogP contribution is 2.31. The number of hydrogen-bond donors (Lipinski definition) is 1. The van der Waals surface area contributed by atoms with Crippen LogP contribution in [0.5, 0.6) is 0 Å². The number of rotatable bonds is 5. The lowest BCUT2D eigenvalue weighted by Crippen LogP contribution is -2.36. The van der Waals surface area contributed by atoms with Gasteiger partial charge in [0.2, 0.25) is 0 Å². The molecule has 1 unspecified atom stereocenters. The van der Waals surface area contributed by atoms with Crippen molar-refractivity contribution in [3.63, 3.8) is 0 Å². The molecule has 1 aliphatic heterocycles. The summed E-state index contributed by atoms with van der Waals surface area (Å²) in [6.45, 7) is 8.18. The van der Waals surface area contributed by atoms with Gasteiger partial charge in [-0.25, -0.2) is 4.39 Å². The lowest BCUT2D eigenvalue weighted by molar-refractivity contribution is 0.532. The fraction of sp³-hybridized carbons (Fsp3) is 0.667. The molecule has 21 heavy (non-hydrogen) atoms. The zero-order valence-corrected chi connectivity index (χ0v) is 13.7.